The van der Waals surface area contributed by atoms with Gasteiger partial charge in [-0.25, -0.2) is 8.42 Å². The summed E-state index contributed by atoms with van der Waals surface area (Å²) in [5, 5.41) is 3.98. The minimum absolute atomic E-state index is 0.0907. The Bertz CT molecular complexity index is 612. The maximum atomic E-state index is 12.6. The third-order valence-electron chi connectivity index (χ3n) is 3.56. The molecule has 1 N–H and O–H groups in total. The van der Waals surface area contributed by atoms with E-state index in [2.05, 4.69) is 5.32 Å². The van der Waals surface area contributed by atoms with Gasteiger partial charge >= 0.3 is 0 Å². The van der Waals surface area contributed by atoms with Crippen LogP contribution in [0.4, 0.5) is 0 Å². The van der Waals surface area contributed by atoms with E-state index in [0.29, 0.717) is 30.7 Å². The number of hydrogen-bond donors (Lipinski definition) is 1. The Balaban J connectivity index is 2.38. The van der Waals surface area contributed by atoms with Crippen molar-refractivity contribution < 1.29 is 8.42 Å². The molecule has 2 rings (SSSR count). The van der Waals surface area contributed by atoms with Crippen LogP contribution in [0.3, 0.4) is 0 Å². The summed E-state index contributed by atoms with van der Waals surface area (Å²) in [6.45, 7) is 4.93. The average Bonchev–Trinajstić information content (AvgIpc) is 3.24. The topological polar surface area (TPSA) is 49.4 Å². The van der Waals surface area contributed by atoms with Crippen molar-refractivity contribution in [1.29, 1.82) is 0 Å². The van der Waals surface area contributed by atoms with Crippen molar-refractivity contribution in [2.24, 2.45) is 0 Å². The third-order valence-corrected chi connectivity index (χ3v) is 6.41. The van der Waals surface area contributed by atoms with E-state index in [-0.39, 0.29) is 9.92 Å². The predicted molar refractivity (Wildman–Crippen MR) is 86.4 cm³/mol. The molecule has 0 unspecified atom stereocenters. The summed E-state index contributed by atoms with van der Waals surface area (Å²) >= 11 is 12.4. The molecule has 7 heteroatoms. The van der Waals surface area contributed by atoms with Gasteiger partial charge in [0.15, 0.2) is 0 Å². The number of nitrogens with one attached hydrogen (secondary N) is 1. The maximum Gasteiger partial charge on any atom is 0.244 e. The zero-order valence-electron chi connectivity index (χ0n) is 12.2. The van der Waals surface area contributed by atoms with Crippen molar-refractivity contribution in [2.45, 2.75) is 44.2 Å². The molecule has 0 amide bonds. The van der Waals surface area contributed by atoms with Crippen LogP contribution in [0.25, 0.3) is 0 Å². The van der Waals surface area contributed by atoms with E-state index in [1.807, 2.05) is 0 Å². The van der Waals surface area contributed by atoms with E-state index < -0.39 is 10.0 Å². The predicted octanol–water partition coefficient (Wildman–Crippen LogP) is 3.28. The van der Waals surface area contributed by atoms with Crippen LogP contribution >= 0.6 is 23.2 Å². The Labute approximate surface area is 136 Å². The van der Waals surface area contributed by atoms with E-state index in [4.69, 9.17) is 23.2 Å². The molecule has 0 aliphatic heterocycles. The fraction of sp³-hybridized carbons (Fsp3) is 0.571. The van der Waals surface area contributed by atoms with Gasteiger partial charge in [0.25, 0.3) is 0 Å². The molecule has 1 saturated carbocycles. The molecule has 1 aliphatic carbocycles. The minimum Gasteiger partial charge on any atom is -0.310 e. The van der Waals surface area contributed by atoms with Gasteiger partial charge in [0.2, 0.25) is 10.0 Å². The standard InChI is InChI=1S/C14H20Cl2N2O2S/c1-3-18(4-2)21(19,20)13-8-11(15)7-10(14(13)16)9-17-12-5-6-12/h7-8,12,17H,3-6,9H2,1-2H3. The Morgan fingerprint density at radius 3 is 2.38 bits per heavy atom. The largest absolute Gasteiger partial charge is 0.310 e. The summed E-state index contributed by atoms with van der Waals surface area (Å²) in [4.78, 5) is 0.0907. The maximum absolute atomic E-state index is 12.6. The number of rotatable bonds is 7. The van der Waals surface area contributed by atoms with Gasteiger partial charge in [-0.3, -0.25) is 0 Å². The van der Waals surface area contributed by atoms with Crippen LogP contribution in [0.15, 0.2) is 17.0 Å². The minimum atomic E-state index is -3.61. The number of halogens is 2. The first-order valence-electron chi connectivity index (χ1n) is 7.11. The molecule has 0 bridgehead atoms. The summed E-state index contributed by atoms with van der Waals surface area (Å²) in [5.41, 5.74) is 0.724. The average molecular weight is 351 g/mol. The summed E-state index contributed by atoms with van der Waals surface area (Å²) in [6, 6.07) is 3.67. The number of benzene rings is 1. The molecule has 0 spiro atoms. The van der Waals surface area contributed by atoms with Gasteiger partial charge in [0.05, 0.1) is 5.02 Å². The van der Waals surface area contributed by atoms with Gasteiger partial charge in [0, 0.05) is 30.7 Å². The highest BCUT2D eigenvalue weighted by Gasteiger charge is 2.27. The molecule has 0 radical (unpaired) electrons. The smallest absolute Gasteiger partial charge is 0.244 e. The van der Waals surface area contributed by atoms with E-state index in [1.54, 1.807) is 19.9 Å². The highest BCUT2D eigenvalue weighted by Crippen LogP contribution is 2.32. The zero-order valence-corrected chi connectivity index (χ0v) is 14.5. The monoisotopic (exact) mass is 350 g/mol. The van der Waals surface area contributed by atoms with Crippen molar-refractivity contribution >= 4 is 33.2 Å². The van der Waals surface area contributed by atoms with E-state index >= 15 is 0 Å². The highest BCUT2D eigenvalue weighted by atomic mass is 35.5. The summed E-state index contributed by atoms with van der Waals surface area (Å²) in [5.74, 6) is 0. The molecule has 21 heavy (non-hydrogen) atoms. The molecular weight excluding hydrogens is 331 g/mol. The molecule has 1 aromatic rings. The summed E-state index contributed by atoms with van der Waals surface area (Å²) < 4.78 is 26.6. The zero-order chi connectivity index (χ0) is 15.6. The molecule has 1 fully saturated rings. The Morgan fingerprint density at radius 2 is 1.86 bits per heavy atom. The number of sulfonamides is 1. The van der Waals surface area contributed by atoms with Crippen molar-refractivity contribution in [3.05, 3.63) is 27.7 Å². The van der Waals surface area contributed by atoms with Crippen LogP contribution in [-0.2, 0) is 16.6 Å². The number of nitrogens with zero attached hydrogens (tertiary/aromatic N) is 1. The van der Waals surface area contributed by atoms with Crippen molar-refractivity contribution in [3.63, 3.8) is 0 Å². The lowest BCUT2D eigenvalue weighted by Crippen LogP contribution is -2.31. The van der Waals surface area contributed by atoms with Crippen LogP contribution in [0.2, 0.25) is 10.0 Å². The van der Waals surface area contributed by atoms with Crippen LogP contribution in [0.5, 0.6) is 0 Å². The quantitative estimate of drug-likeness (QED) is 0.820. The molecule has 4 nitrogen and oxygen atoms in total. The van der Waals surface area contributed by atoms with Gasteiger partial charge in [-0.05, 0) is 30.5 Å². The second-order valence-corrected chi connectivity index (χ2v) is 7.84. The van der Waals surface area contributed by atoms with Crippen LogP contribution in [0.1, 0.15) is 32.3 Å². The molecule has 118 valence electrons. The summed E-state index contributed by atoms with van der Waals surface area (Å²) in [7, 11) is -3.61. The molecule has 0 heterocycles. The van der Waals surface area contributed by atoms with E-state index in [1.165, 1.54) is 10.4 Å². The van der Waals surface area contributed by atoms with Crippen molar-refractivity contribution in [2.75, 3.05) is 13.1 Å². The number of hydrogen-bond acceptors (Lipinski definition) is 3. The Hall–Kier alpha value is -0.330. The second kappa shape index (κ2) is 6.84. The van der Waals surface area contributed by atoms with Gasteiger partial charge in [-0.2, -0.15) is 4.31 Å². The normalized spacial score (nSPS) is 15.7. The molecular formula is C14H20Cl2N2O2S. The van der Waals surface area contributed by atoms with Gasteiger partial charge in [0.1, 0.15) is 4.90 Å². The third kappa shape index (κ3) is 3.90. The van der Waals surface area contributed by atoms with Gasteiger partial charge < -0.3 is 5.32 Å². The first-order chi connectivity index (χ1) is 9.90. The Morgan fingerprint density at radius 1 is 1.24 bits per heavy atom. The first-order valence-corrected chi connectivity index (χ1v) is 9.31. The lowest BCUT2D eigenvalue weighted by atomic mass is 10.2. The van der Waals surface area contributed by atoms with Gasteiger partial charge in [-0.15, -0.1) is 0 Å². The lowest BCUT2D eigenvalue weighted by molar-refractivity contribution is 0.445. The Kier molecular flexibility index (Phi) is 5.54. The lowest BCUT2D eigenvalue weighted by Gasteiger charge is -2.20. The van der Waals surface area contributed by atoms with Crippen molar-refractivity contribution in [3.8, 4) is 0 Å². The second-order valence-electron chi connectivity index (χ2n) is 5.12. The van der Waals surface area contributed by atoms with Crippen LogP contribution in [-0.4, -0.2) is 31.9 Å². The van der Waals surface area contributed by atoms with Crippen molar-refractivity contribution in [1.82, 2.24) is 9.62 Å². The highest BCUT2D eigenvalue weighted by molar-refractivity contribution is 7.89. The summed E-state index contributed by atoms with van der Waals surface area (Å²) in [6.07, 6.45) is 2.31. The van der Waals surface area contributed by atoms with Crippen LogP contribution < -0.4 is 5.32 Å². The first kappa shape index (κ1) is 17.0. The fourth-order valence-electron chi connectivity index (χ4n) is 2.18. The van der Waals surface area contributed by atoms with E-state index in [9.17, 15) is 8.42 Å². The van der Waals surface area contributed by atoms with Crippen LogP contribution in [0, 0.1) is 0 Å². The SMILES string of the molecule is CCN(CC)S(=O)(=O)c1cc(Cl)cc(CNC2CC2)c1Cl. The molecule has 0 atom stereocenters. The molecule has 0 saturated heterocycles. The fourth-order valence-corrected chi connectivity index (χ4v) is 4.54. The molecule has 1 aromatic carbocycles. The van der Waals surface area contributed by atoms with E-state index in [0.717, 1.165) is 18.4 Å². The molecule has 1 aliphatic rings. The van der Waals surface area contributed by atoms with Gasteiger partial charge in [-0.1, -0.05) is 37.0 Å². The molecule has 0 aromatic heterocycles.